The molecule has 2 aliphatic rings. The van der Waals surface area contributed by atoms with E-state index in [4.69, 9.17) is 9.47 Å². The van der Waals surface area contributed by atoms with Crippen molar-refractivity contribution in [2.24, 2.45) is 0 Å². The Kier molecular flexibility index (Phi) is 1.35. The Morgan fingerprint density at radius 2 is 2.14 bits per heavy atom. The Labute approximate surface area is 81.6 Å². The quantitative estimate of drug-likeness (QED) is 0.580. The largest absolute Gasteiger partial charge is 0.446 e. The zero-order chi connectivity index (χ0) is 9.76. The molecule has 1 aromatic carbocycles. The molecule has 3 nitrogen and oxygen atoms in total. The highest BCUT2D eigenvalue weighted by Crippen LogP contribution is 2.41. The molecular formula is C11H10O3. The molecule has 3 heteroatoms. The van der Waals surface area contributed by atoms with Crippen molar-refractivity contribution in [1.82, 2.24) is 0 Å². The van der Waals surface area contributed by atoms with Crippen LogP contribution in [0.25, 0.3) is 0 Å². The van der Waals surface area contributed by atoms with Crippen LogP contribution in [0.1, 0.15) is 21.5 Å². The molecule has 0 radical (unpaired) electrons. The predicted octanol–water partition coefficient (Wildman–Crippen LogP) is 1.39. The summed E-state index contributed by atoms with van der Waals surface area (Å²) >= 11 is 0. The van der Waals surface area contributed by atoms with Crippen molar-refractivity contribution in [2.45, 2.75) is 12.5 Å². The molecular weight excluding hydrogens is 180 g/mol. The molecule has 0 aliphatic carbocycles. The molecule has 1 spiro atoms. The first-order chi connectivity index (χ1) is 6.71. The van der Waals surface area contributed by atoms with Crippen LogP contribution >= 0.6 is 0 Å². The van der Waals surface area contributed by atoms with Crippen LogP contribution in [0.2, 0.25) is 0 Å². The van der Waals surface area contributed by atoms with Gasteiger partial charge >= 0.3 is 5.97 Å². The molecule has 0 bridgehead atoms. The summed E-state index contributed by atoms with van der Waals surface area (Å²) in [6.07, 6.45) is 0. The van der Waals surface area contributed by atoms with Gasteiger partial charge in [0, 0.05) is 5.56 Å². The van der Waals surface area contributed by atoms with E-state index < -0.39 is 5.60 Å². The van der Waals surface area contributed by atoms with Gasteiger partial charge in [-0.2, -0.15) is 0 Å². The lowest BCUT2D eigenvalue weighted by Crippen LogP contribution is -2.46. The van der Waals surface area contributed by atoms with E-state index in [1.165, 1.54) is 0 Å². The Hall–Kier alpha value is -1.35. The van der Waals surface area contributed by atoms with E-state index in [0.717, 1.165) is 11.1 Å². The number of rotatable bonds is 0. The Morgan fingerprint density at radius 3 is 2.79 bits per heavy atom. The minimum absolute atomic E-state index is 0.216. The first-order valence-electron chi connectivity index (χ1n) is 4.63. The number of hydrogen-bond donors (Lipinski definition) is 0. The average Bonchev–Trinajstić information content (AvgIpc) is 2.39. The Morgan fingerprint density at radius 1 is 1.36 bits per heavy atom. The summed E-state index contributed by atoms with van der Waals surface area (Å²) in [4.78, 5) is 11.5. The van der Waals surface area contributed by atoms with E-state index in [1.807, 2.05) is 25.1 Å². The van der Waals surface area contributed by atoms with Gasteiger partial charge in [-0.05, 0) is 13.0 Å². The number of ether oxygens (including phenoxy) is 2. The van der Waals surface area contributed by atoms with E-state index in [9.17, 15) is 4.79 Å². The maximum absolute atomic E-state index is 11.5. The van der Waals surface area contributed by atoms with Crippen LogP contribution in [0.3, 0.4) is 0 Å². The molecule has 0 unspecified atom stereocenters. The van der Waals surface area contributed by atoms with Gasteiger partial charge in [0.1, 0.15) is 0 Å². The number of esters is 1. The summed E-state index contributed by atoms with van der Waals surface area (Å²) < 4.78 is 10.5. The Bertz CT molecular complexity index is 419. The molecule has 0 amide bonds. The predicted molar refractivity (Wildman–Crippen MR) is 49.1 cm³/mol. The van der Waals surface area contributed by atoms with Crippen molar-refractivity contribution >= 4 is 5.97 Å². The van der Waals surface area contributed by atoms with Crippen molar-refractivity contribution in [2.75, 3.05) is 13.2 Å². The van der Waals surface area contributed by atoms with Gasteiger partial charge in [0.05, 0.1) is 18.8 Å². The highest BCUT2D eigenvalue weighted by molar-refractivity contribution is 5.95. The first-order valence-corrected chi connectivity index (χ1v) is 4.63. The molecule has 72 valence electrons. The summed E-state index contributed by atoms with van der Waals surface area (Å²) in [5.41, 5.74) is 2.31. The third kappa shape index (κ3) is 0.826. The number of aryl methyl sites for hydroxylation is 1. The number of carbonyl (C=O) groups excluding carboxylic acids is 1. The molecule has 0 aromatic heterocycles. The van der Waals surface area contributed by atoms with Crippen LogP contribution in [-0.4, -0.2) is 19.2 Å². The number of hydrogen-bond acceptors (Lipinski definition) is 3. The van der Waals surface area contributed by atoms with Crippen molar-refractivity contribution < 1.29 is 14.3 Å². The van der Waals surface area contributed by atoms with Crippen LogP contribution in [-0.2, 0) is 15.1 Å². The van der Waals surface area contributed by atoms with Gasteiger partial charge in [-0.15, -0.1) is 0 Å². The van der Waals surface area contributed by atoms with Crippen LogP contribution in [0, 0.1) is 6.92 Å². The van der Waals surface area contributed by atoms with Crippen LogP contribution in [0.15, 0.2) is 18.2 Å². The van der Waals surface area contributed by atoms with Crippen molar-refractivity contribution in [1.29, 1.82) is 0 Å². The summed E-state index contributed by atoms with van der Waals surface area (Å²) in [5, 5.41) is 0. The smallest absolute Gasteiger partial charge is 0.339 e. The van der Waals surface area contributed by atoms with Gasteiger partial charge in [-0.3, -0.25) is 0 Å². The fraction of sp³-hybridized carbons (Fsp3) is 0.364. The summed E-state index contributed by atoms with van der Waals surface area (Å²) in [5.74, 6) is -0.216. The van der Waals surface area contributed by atoms with E-state index in [1.54, 1.807) is 0 Å². The van der Waals surface area contributed by atoms with Crippen LogP contribution in [0.4, 0.5) is 0 Å². The van der Waals surface area contributed by atoms with Gasteiger partial charge in [0.15, 0.2) is 5.60 Å². The fourth-order valence-corrected chi connectivity index (χ4v) is 2.01. The standard InChI is InChI=1S/C11H10O3/c1-7-2-3-9-8(4-7)10(12)14-11(9)5-13-6-11/h2-4H,5-6H2,1H3. The topological polar surface area (TPSA) is 35.5 Å². The zero-order valence-corrected chi connectivity index (χ0v) is 7.87. The summed E-state index contributed by atoms with van der Waals surface area (Å²) in [7, 11) is 0. The van der Waals surface area contributed by atoms with Crippen molar-refractivity contribution in [3.8, 4) is 0 Å². The lowest BCUT2D eigenvalue weighted by Gasteiger charge is -2.36. The third-order valence-corrected chi connectivity index (χ3v) is 2.84. The van der Waals surface area contributed by atoms with Crippen molar-refractivity contribution in [3.05, 3.63) is 34.9 Å². The molecule has 14 heavy (non-hydrogen) atoms. The second kappa shape index (κ2) is 2.36. The zero-order valence-electron chi connectivity index (χ0n) is 7.87. The molecule has 0 saturated carbocycles. The van der Waals surface area contributed by atoms with Gasteiger partial charge in [-0.25, -0.2) is 4.79 Å². The first kappa shape index (κ1) is 8.00. The van der Waals surface area contributed by atoms with Gasteiger partial charge in [-0.1, -0.05) is 17.7 Å². The van der Waals surface area contributed by atoms with E-state index in [2.05, 4.69) is 0 Å². The maximum atomic E-state index is 11.5. The minimum Gasteiger partial charge on any atom is -0.446 e. The highest BCUT2D eigenvalue weighted by atomic mass is 16.6. The fourth-order valence-electron chi connectivity index (χ4n) is 2.01. The normalized spacial score (nSPS) is 21.6. The third-order valence-electron chi connectivity index (χ3n) is 2.84. The molecule has 1 saturated heterocycles. The molecule has 3 rings (SSSR count). The molecule has 1 aromatic rings. The monoisotopic (exact) mass is 190 g/mol. The Balaban J connectivity index is 2.19. The molecule has 0 atom stereocenters. The molecule has 0 N–H and O–H groups in total. The average molecular weight is 190 g/mol. The second-order valence-corrected chi connectivity index (χ2v) is 3.93. The van der Waals surface area contributed by atoms with E-state index >= 15 is 0 Å². The van der Waals surface area contributed by atoms with Crippen LogP contribution in [0.5, 0.6) is 0 Å². The molecule has 2 aliphatic heterocycles. The van der Waals surface area contributed by atoms with Crippen molar-refractivity contribution in [3.63, 3.8) is 0 Å². The lowest BCUT2D eigenvalue weighted by molar-refractivity contribution is -0.179. The number of fused-ring (bicyclic) bond motifs is 2. The van der Waals surface area contributed by atoms with Crippen LogP contribution < -0.4 is 0 Å². The maximum Gasteiger partial charge on any atom is 0.339 e. The second-order valence-electron chi connectivity index (χ2n) is 3.93. The van der Waals surface area contributed by atoms with E-state index in [-0.39, 0.29) is 5.97 Å². The number of benzene rings is 1. The summed E-state index contributed by atoms with van der Waals surface area (Å²) in [6, 6.07) is 5.85. The van der Waals surface area contributed by atoms with Gasteiger partial charge < -0.3 is 9.47 Å². The number of carbonyl (C=O) groups is 1. The molecule has 1 fully saturated rings. The molecule has 2 heterocycles. The van der Waals surface area contributed by atoms with Gasteiger partial charge in [0.25, 0.3) is 0 Å². The van der Waals surface area contributed by atoms with E-state index in [0.29, 0.717) is 18.8 Å². The SMILES string of the molecule is Cc1ccc2c(c1)C(=O)OC21COC1. The highest BCUT2D eigenvalue weighted by Gasteiger charge is 2.51. The summed E-state index contributed by atoms with van der Waals surface area (Å²) in [6.45, 7) is 2.96. The minimum atomic E-state index is -0.458. The van der Waals surface area contributed by atoms with Gasteiger partial charge in [0.2, 0.25) is 0 Å². The lowest BCUT2D eigenvalue weighted by atomic mass is 9.90.